The molecule has 0 unspecified atom stereocenters. The fourth-order valence-electron chi connectivity index (χ4n) is 1.26. The Balaban J connectivity index is 2.57. The number of urea groups is 1. The number of nitrogens with one attached hydrogen (secondary N) is 2. The fraction of sp³-hybridized carbons (Fsp3) is 0.462. The Hall–Kier alpha value is -1.23. The van der Waals surface area contributed by atoms with Gasteiger partial charge in [-0.1, -0.05) is 20.8 Å². The third-order valence-corrected chi connectivity index (χ3v) is 2.81. The van der Waals surface area contributed by atoms with E-state index in [1.165, 1.54) is 0 Å². The lowest BCUT2D eigenvalue weighted by Gasteiger charge is -2.19. The maximum Gasteiger partial charge on any atom is 0.319 e. The van der Waals surface area contributed by atoms with Crippen LogP contribution >= 0.6 is 15.9 Å². The highest BCUT2D eigenvalue weighted by Gasteiger charge is 2.12. The first-order valence-electron chi connectivity index (χ1n) is 5.70. The van der Waals surface area contributed by atoms with Crippen molar-refractivity contribution in [2.75, 3.05) is 19.0 Å². The first kappa shape index (κ1) is 14.8. The molecule has 100 valence electrons. The van der Waals surface area contributed by atoms with E-state index in [0.29, 0.717) is 12.2 Å². The van der Waals surface area contributed by atoms with E-state index in [9.17, 15) is 4.79 Å². The number of hydrogen-bond donors (Lipinski definition) is 2. The second kappa shape index (κ2) is 6.09. The molecule has 1 rings (SSSR count). The molecule has 0 atom stereocenters. The number of carbonyl (C=O) groups is 1. The molecule has 0 aromatic heterocycles. The van der Waals surface area contributed by atoms with E-state index in [4.69, 9.17) is 4.74 Å². The summed E-state index contributed by atoms with van der Waals surface area (Å²) in [6.07, 6.45) is 0. The van der Waals surface area contributed by atoms with Crippen LogP contribution in [0.1, 0.15) is 20.8 Å². The quantitative estimate of drug-likeness (QED) is 0.895. The van der Waals surface area contributed by atoms with Gasteiger partial charge in [-0.2, -0.15) is 0 Å². The van der Waals surface area contributed by atoms with Crippen molar-refractivity contribution in [3.63, 3.8) is 0 Å². The molecule has 18 heavy (non-hydrogen) atoms. The van der Waals surface area contributed by atoms with Crippen molar-refractivity contribution in [1.29, 1.82) is 0 Å². The maximum absolute atomic E-state index is 11.7. The predicted octanol–water partition coefficient (Wildman–Crippen LogP) is 3.63. The summed E-state index contributed by atoms with van der Waals surface area (Å²) in [5, 5.41) is 5.59. The van der Waals surface area contributed by atoms with E-state index in [0.717, 1.165) is 10.2 Å². The molecule has 0 radical (unpaired) electrons. The number of carbonyl (C=O) groups excluding carboxylic acids is 1. The van der Waals surface area contributed by atoms with Crippen LogP contribution in [0.5, 0.6) is 5.75 Å². The third-order valence-electron chi connectivity index (χ3n) is 2.19. The molecular formula is C13H19BrN2O2. The lowest BCUT2D eigenvalue weighted by Crippen LogP contribution is -2.35. The van der Waals surface area contributed by atoms with Crippen molar-refractivity contribution in [3.8, 4) is 5.75 Å². The summed E-state index contributed by atoms with van der Waals surface area (Å²) in [5.74, 6) is 0.732. The minimum absolute atomic E-state index is 0.0673. The zero-order valence-electron chi connectivity index (χ0n) is 11.1. The smallest absolute Gasteiger partial charge is 0.319 e. The summed E-state index contributed by atoms with van der Waals surface area (Å²) >= 11 is 3.37. The van der Waals surface area contributed by atoms with E-state index in [1.807, 2.05) is 0 Å². The largest absolute Gasteiger partial charge is 0.496 e. The van der Waals surface area contributed by atoms with Crippen molar-refractivity contribution in [2.45, 2.75) is 20.8 Å². The molecule has 5 heteroatoms. The molecule has 0 aliphatic carbocycles. The SMILES string of the molecule is COc1ccc(NC(=O)NCC(C)(C)C)cc1Br. The van der Waals surface area contributed by atoms with Crippen molar-refractivity contribution in [2.24, 2.45) is 5.41 Å². The molecule has 1 aromatic rings. The molecule has 0 spiro atoms. The Morgan fingerprint density at radius 2 is 2.06 bits per heavy atom. The molecule has 2 amide bonds. The Kier molecular flexibility index (Phi) is 5.02. The minimum atomic E-state index is -0.206. The van der Waals surface area contributed by atoms with Crippen molar-refractivity contribution < 1.29 is 9.53 Å². The van der Waals surface area contributed by atoms with Crippen LogP contribution < -0.4 is 15.4 Å². The summed E-state index contributed by atoms with van der Waals surface area (Å²) in [7, 11) is 1.60. The highest BCUT2D eigenvalue weighted by Crippen LogP contribution is 2.27. The zero-order valence-corrected chi connectivity index (χ0v) is 12.7. The predicted molar refractivity (Wildman–Crippen MR) is 77.2 cm³/mol. The number of rotatable bonds is 3. The second-order valence-corrected chi connectivity index (χ2v) is 6.07. The van der Waals surface area contributed by atoms with Gasteiger partial charge in [0.1, 0.15) is 5.75 Å². The average molecular weight is 315 g/mol. The number of amides is 2. The van der Waals surface area contributed by atoms with Crippen LogP contribution in [0.2, 0.25) is 0 Å². The molecule has 2 N–H and O–H groups in total. The van der Waals surface area contributed by atoms with Crippen molar-refractivity contribution in [3.05, 3.63) is 22.7 Å². The molecule has 0 saturated carbocycles. The molecule has 0 heterocycles. The lowest BCUT2D eigenvalue weighted by molar-refractivity contribution is 0.247. The fourth-order valence-corrected chi connectivity index (χ4v) is 1.81. The van der Waals surface area contributed by atoms with E-state index < -0.39 is 0 Å². The molecule has 0 aliphatic rings. The number of hydrogen-bond acceptors (Lipinski definition) is 2. The van der Waals surface area contributed by atoms with Crippen molar-refractivity contribution >= 4 is 27.6 Å². The Morgan fingerprint density at radius 3 is 2.56 bits per heavy atom. The van der Waals surface area contributed by atoms with Gasteiger partial charge in [-0.25, -0.2) is 4.79 Å². The summed E-state index contributed by atoms with van der Waals surface area (Å²) in [5.41, 5.74) is 0.784. The molecule has 0 aliphatic heterocycles. The van der Waals surface area contributed by atoms with Crippen LogP contribution in [0.25, 0.3) is 0 Å². The van der Waals surface area contributed by atoms with E-state index >= 15 is 0 Å². The molecule has 0 fully saturated rings. The topological polar surface area (TPSA) is 50.4 Å². The van der Waals surface area contributed by atoms with Gasteiger partial charge in [0.2, 0.25) is 0 Å². The molecule has 4 nitrogen and oxygen atoms in total. The summed E-state index contributed by atoms with van der Waals surface area (Å²) in [6, 6.07) is 5.18. The number of anilines is 1. The van der Waals surface area contributed by atoms with Crippen molar-refractivity contribution in [1.82, 2.24) is 5.32 Å². The molecule has 0 saturated heterocycles. The van der Waals surface area contributed by atoms with E-state index in [1.54, 1.807) is 25.3 Å². The number of methoxy groups -OCH3 is 1. The van der Waals surface area contributed by atoms with Gasteiger partial charge >= 0.3 is 6.03 Å². The first-order valence-corrected chi connectivity index (χ1v) is 6.49. The first-order chi connectivity index (χ1) is 8.31. The van der Waals surface area contributed by atoms with E-state index in [2.05, 4.69) is 47.3 Å². The highest BCUT2D eigenvalue weighted by molar-refractivity contribution is 9.10. The van der Waals surface area contributed by atoms with Gasteiger partial charge in [-0.15, -0.1) is 0 Å². The standard InChI is InChI=1S/C13H19BrN2O2/c1-13(2,3)8-15-12(17)16-9-5-6-11(18-4)10(14)7-9/h5-7H,8H2,1-4H3,(H2,15,16,17). The van der Waals surface area contributed by atoms with Gasteiger partial charge in [0.05, 0.1) is 11.6 Å². The van der Waals surface area contributed by atoms with E-state index in [-0.39, 0.29) is 11.4 Å². The Labute approximate surface area is 116 Å². The summed E-state index contributed by atoms with van der Waals surface area (Å²) in [6.45, 7) is 6.82. The van der Waals surface area contributed by atoms with Crippen LogP contribution in [0, 0.1) is 5.41 Å². The van der Waals surface area contributed by atoms with Gasteiger partial charge in [0, 0.05) is 12.2 Å². The summed E-state index contributed by atoms with van der Waals surface area (Å²) in [4.78, 5) is 11.7. The number of halogens is 1. The second-order valence-electron chi connectivity index (χ2n) is 5.22. The molecule has 1 aromatic carbocycles. The van der Waals surface area contributed by atoms with Gasteiger partial charge in [0.25, 0.3) is 0 Å². The minimum Gasteiger partial charge on any atom is -0.496 e. The highest BCUT2D eigenvalue weighted by atomic mass is 79.9. The normalized spacial score (nSPS) is 10.9. The van der Waals surface area contributed by atoms with Gasteiger partial charge in [0.15, 0.2) is 0 Å². The lowest BCUT2D eigenvalue weighted by atomic mass is 9.97. The molecular weight excluding hydrogens is 296 g/mol. The monoisotopic (exact) mass is 314 g/mol. The van der Waals surface area contributed by atoms with Crippen LogP contribution in [0.4, 0.5) is 10.5 Å². The molecule has 0 bridgehead atoms. The van der Waals surface area contributed by atoms with Crippen LogP contribution in [0.15, 0.2) is 22.7 Å². The third kappa shape index (κ3) is 4.96. The zero-order chi connectivity index (χ0) is 13.8. The average Bonchev–Trinajstić information content (AvgIpc) is 2.26. The van der Waals surface area contributed by atoms with Crippen LogP contribution in [0.3, 0.4) is 0 Å². The Morgan fingerprint density at radius 1 is 1.39 bits per heavy atom. The van der Waals surface area contributed by atoms with Gasteiger partial charge in [-0.3, -0.25) is 0 Å². The maximum atomic E-state index is 11.7. The Bertz CT molecular complexity index is 427. The van der Waals surface area contributed by atoms with Gasteiger partial charge in [-0.05, 0) is 39.5 Å². The number of ether oxygens (including phenoxy) is 1. The van der Waals surface area contributed by atoms with Crippen LogP contribution in [-0.4, -0.2) is 19.7 Å². The number of benzene rings is 1. The summed E-state index contributed by atoms with van der Waals surface area (Å²) < 4.78 is 5.93. The van der Waals surface area contributed by atoms with Crippen LogP contribution in [-0.2, 0) is 0 Å². The van der Waals surface area contributed by atoms with Gasteiger partial charge < -0.3 is 15.4 Å².